The number of hydrogen-bond donors (Lipinski definition) is 2. The Morgan fingerprint density at radius 1 is 1.11 bits per heavy atom. The number of ether oxygens (including phenoxy) is 3. The normalized spacial score (nSPS) is 11.4. The molecule has 0 aliphatic carbocycles. The molecule has 0 amide bonds. The molecule has 1 aromatic rings. The molecule has 0 fully saturated rings. The fourth-order valence-corrected chi connectivity index (χ4v) is 1.71. The van der Waals surface area contributed by atoms with Gasteiger partial charge in [-0.05, 0) is 18.6 Å². The van der Waals surface area contributed by atoms with E-state index < -0.39 is 0 Å². The van der Waals surface area contributed by atoms with Gasteiger partial charge in [0.2, 0.25) is 5.75 Å². The molecule has 0 unspecified atom stereocenters. The van der Waals surface area contributed by atoms with Gasteiger partial charge in [-0.2, -0.15) is 0 Å². The third-order valence-corrected chi connectivity index (χ3v) is 2.57. The van der Waals surface area contributed by atoms with Crippen LogP contribution in [0.4, 0.5) is 0 Å². The highest BCUT2D eigenvalue weighted by Gasteiger charge is 2.19. The van der Waals surface area contributed by atoms with E-state index in [2.05, 4.69) is 0 Å². The molecular formula is C12H20ClNO4. The van der Waals surface area contributed by atoms with E-state index in [0.717, 1.165) is 5.56 Å². The standard InChI is InChI=1S/C12H19NO4.ClH/c1-15-10-5-4-8(9(13)6-7-14)11(16-2)12(10)17-3;/h4-5,9,14H,6-7,13H2,1-3H3;1H/t9-;/m0./s1. The van der Waals surface area contributed by atoms with Crippen LogP contribution in [0.1, 0.15) is 18.0 Å². The van der Waals surface area contributed by atoms with E-state index in [1.807, 2.05) is 6.07 Å². The Kier molecular flexibility index (Phi) is 7.50. The maximum atomic E-state index is 8.91. The van der Waals surface area contributed by atoms with Gasteiger partial charge in [0.25, 0.3) is 0 Å². The quantitative estimate of drug-likeness (QED) is 0.825. The van der Waals surface area contributed by atoms with E-state index in [1.165, 1.54) is 0 Å². The molecule has 5 nitrogen and oxygen atoms in total. The molecule has 0 heterocycles. The van der Waals surface area contributed by atoms with Crippen molar-refractivity contribution < 1.29 is 19.3 Å². The lowest BCUT2D eigenvalue weighted by Crippen LogP contribution is -2.13. The Labute approximate surface area is 113 Å². The smallest absolute Gasteiger partial charge is 0.203 e. The van der Waals surface area contributed by atoms with Gasteiger partial charge >= 0.3 is 0 Å². The number of benzene rings is 1. The second kappa shape index (κ2) is 8.02. The largest absolute Gasteiger partial charge is 0.493 e. The van der Waals surface area contributed by atoms with Crippen molar-refractivity contribution in [3.8, 4) is 17.2 Å². The number of rotatable bonds is 6. The molecule has 1 aromatic carbocycles. The summed E-state index contributed by atoms with van der Waals surface area (Å²) in [5.41, 5.74) is 6.75. The third-order valence-electron chi connectivity index (χ3n) is 2.57. The highest BCUT2D eigenvalue weighted by Crippen LogP contribution is 2.41. The van der Waals surface area contributed by atoms with E-state index in [-0.39, 0.29) is 25.1 Å². The first kappa shape index (κ1) is 16.8. The average molecular weight is 278 g/mol. The Morgan fingerprint density at radius 2 is 1.72 bits per heavy atom. The molecule has 0 bridgehead atoms. The monoisotopic (exact) mass is 277 g/mol. The number of aliphatic hydroxyl groups is 1. The molecule has 0 radical (unpaired) electrons. The van der Waals surface area contributed by atoms with E-state index >= 15 is 0 Å². The summed E-state index contributed by atoms with van der Waals surface area (Å²) in [5, 5.41) is 8.91. The van der Waals surface area contributed by atoms with Crippen LogP contribution >= 0.6 is 12.4 Å². The lowest BCUT2D eigenvalue weighted by atomic mass is 10.0. The maximum absolute atomic E-state index is 8.91. The molecule has 0 saturated heterocycles. The van der Waals surface area contributed by atoms with Crippen molar-refractivity contribution in [2.75, 3.05) is 27.9 Å². The Hall–Kier alpha value is -1.17. The van der Waals surface area contributed by atoms with Gasteiger partial charge in [-0.25, -0.2) is 0 Å². The molecule has 0 saturated carbocycles. The molecule has 0 aliphatic rings. The third kappa shape index (κ3) is 3.41. The predicted molar refractivity (Wildman–Crippen MR) is 72.0 cm³/mol. The van der Waals surface area contributed by atoms with Crippen LogP contribution < -0.4 is 19.9 Å². The van der Waals surface area contributed by atoms with Crippen molar-refractivity contribution in [1.82, 2.24) is 0 Å². The van der Waals surface area contributed by atoms with Crippen LogP contribution in [0, 0.1) is 0 Å². The Balaban J connectivity index is 0.00000289. The van der Waals surface area contributed by atoms with Crippen LogP contribution in [0.25, 0.3) is 0 Å². The zero-order chi connectivity index (χ0) is 12.8. The topological polar surface area (TPSA) is 73.9 Å². The lowest BCUT2D eigenvalue weighted by Gasteiger charge is -2.19. The molecule has 6 heteroatoms. The van der Waals surface area contributed by atoms with Gasteiger partial charge in [-0.15, -0.1) is 12.4 Å². The first-order valence-corrected chi connectivity index (χ1v) is 5.34. The van der Waals surface area contributed by atoms with Crippen molar-refractivity contribution in [3.63, 3.8) is 0 Å². The van der Waals surface area contributed by atoms with Gasteiger partial charge in [0.1, 0.15) is 0 Å². The molecule has 0 aromatic heterocycles. The van der Waals surface area contributed by atoms with Gasteiger partial charge in [-0.3, -0.25) is 0 Å². The van der Waals surface area contributed by atoms with Crippen LogP contribution in [0.5, 0.6) is 17.2 Å². The number of nitrogens with two attached hydrogens (primary N) is 1. The first-order valence-electron chi connectivity index (χ1n) is 5.34. The molecule has 18 heavy (non-hydrogen) atoms. The number of aliphatic hydroxyl groups excluding tert-OH is 1. The second-order valence-corrected chi connectivity index (χ2v) is 3.54. The second-order valence-electron chi connectivity index (χ2n) is 3.54. The molecule has 104 valence electrons. The molecule has 1 rings (SSSR count). The zero-order valence-corrected chi connectivity index (χ0v) is 11.6. The summed E-state index contributed by atoms with van der Waals surface area (Å²) in [7, 11) is 4.65. The Bertz CT molecular complexity index is 373. The summed E-state index contributed by atoms with van der Waals surface area (Å²) in [5.74, 6) is 1.65. The number of hydrogen-bond acceptors (Lipinski definition) is 5. The zero-order valence-electron chi connectivity index (χ0n) is 10.8. The summed E-state index contributed by atoms with van der Waals surface area (Å²) in [6.45, 7) is 0.0265. The van der Waals surface area contributed by atoms with Gasteiger partial charge in [-0.1, -0.05) is 0 Å². The van der Waals surface area contributed by atoms with Gasteiger partial charge in [0.15, 0.2) is 11.5 Å². The van der Waals surface area contributed by atoms with Crippen molar-refractivity contribution in [2.45, 2.75) is 12.5 Å². The predicted octanol–water partition coefficient (Wildman–Crippen LogP) is 1.52. The molecule has 3 N–H and O–H groups in total. The average Bonchev–Trinajstić information content (AvgIpc) is 2.36. The highest BCUT2D eigenvalue weighted by molar-refractivity contribution is 5.85. The van der Waals surface area contributed by atoms with E-state index in [4.69, 9.17) is 25.1 Å². The van der Waals surface area contributed by atoms with Crippen LogP contribution in [0.2, 0.25) is 0 Å². The van der Waals surface area contributed by atoms with Crippen LogP contribution in [-0.4, -0.2) is 33.0 Å². The van der Waals surface area contributed by atoms with Crippen molar-refractivity contribution >= 4 is 12.4 Å². The van der Waals surface area contributed by atoms with Gasteiger partial charge in [0.05, 0.1) is 21.3 Å². The van der Waals surface area contributed by atoms with Crippen LogP contribution in [0.3, 0.4) is 0 Å². The fourth-order valence-electron chi connectivity index (χ4n) is 1.71. The number of halogens is 1. The van der Waals surface area contributed by atoms with Gasteiger partial charge in [0, 0.05) is 18.2 Å². The summed E-state index contributed by atoms with van der Waals surface area (Å²) in [6, 6.07) is 3.30. The summed E-state index contributed by atoms with van der Waals surface area (Å²) in [4.78, 5) is 0. The maximum Gasteiger partial charge on any atom is 0.203 e. The van der Waals surface area contributed by atoms with E-state index in [1.54, 1.807) is 27.4 Å². The van der Waals surface area contributed by atoms with Crippen molar-refractivity contribution in [1.29, 1.82) is 0 Å². The minimum absolute atomic E-state index is 0. The molecule has 0 aliphatic heterocycles. The summed E-state index contributed by atoms with van der Waals surface area (Å²) >= 11 is 0. The van der Waals surface area contributed by atoms with Crippen molar-refractivity contribution in [2.24, 2.45) is 5.73 Å². The summed E-state index contributed by atoms with van der Waals surface area (Å²) < 4.78 is 15.7. The molecular weight excluding hydrogens is 258 g/mol. The SMILES string of the molecule is COc1ccc([C@@H](N)CCO)c(OC)c1OC.Cl. The molecule has 0 spiro atoms. The minimum Gasteiger partial charge on any atom is -0.493 e. The lowest BCUT2D eigenvalue weighted by molar-refractivity contribution is 0.273. The molecule has 1 atom stereocenters. The van der Waals surface area contributed by atoms with E-state index in [9.17, 15) is 0 Å². The van der Waals surface area contributed by atoms with Gasteiger partial charge < -0.3 is 25.1 Å². The minimum atomic E-state index is -0.297. The van der Waals surface area contributed by atoms with E-state index in [0.29, 0.717) is 23.7 Å². The van der Waals surface area contributed by atoms with Crippen molar-refractivity contribution in [3.05, 3.63) is 17.7 Å². The fraction of sp³-hybridized carbons (Fsp3) is 0.500. The van der Waals surface area contributed by atoms with Crippen LogP contribution in [-0.2, 0) is 0 Å². The first-order chi connectivity index (χ1) is 8.19. The van der Waals surface area contributed by atoms with Crippen LogP contribution in [0.15, 0.2) is 12.1 Å². The Morgan fingerprint density at radius 3 is 2.17 bits per heavy atom. The summed E-state index contributed by atoms with van der Waals surface area (Å²) in [6.07, 6.45) is 0.464. The highest BCUT2D eigenvalue weighted by atomic mass is 35.5. The number of methoxy groups -OCH3 is 3.